The molecular weight excluding hydrogens is 228 g/mol. The van der Waals surface area contributed by atoms with Crippen LogP contribution in [-0.4, -0.2) is 41.1 Å². The molecule has 0 spiro atoms. The average Bonchev–Trinajstić information content (AvgIpc) is 2.35. The number of hydrogen-bond acceptors (Lipinski definition) is 3. The van der Waals surface area contributed by atoms with Crippen LogP contribution in [0.1, 0.15) is 39.5 Å². The molecule has 2 aliphatic rings. The third-order valence-corrected chi connectivity index (χ3v) is 4.82. The molecule has 5 unspecified atom stereocenters. The Morgan fingerprint density at radius 3 is 2.56 bits per heavy atom. The van der Waals surface area contributed by atoms with Crippen molar-refractivity contribution in [3.63, 3.8) is 0 Å². The van der Waals surface area contributed by atoms with Gasteiger partial charge in [-0.1, -0.05) is 13.8 Å². The molecule has 0 bridgehead atoms. The number of rotatable bonds is 1. The molecule has 1 amide bonds. The highest BCUT2D eigenvalue weighted by Crippen LogP contribution is 2.30. The molecule has 1 aliphatic carbocycles. The number of aliphatic hydroxyl groups is 1. The Morgan fingerprint density at radius 2 is 1.94 bits per heavy atom. The predicted octanol–water partition coefficient (Wildman–Crippen LogP) is 0.979. The van der Waals surface area contributed by atoms with Crippen molar-refractivity contribution in [3.05, 3.63) is 0 Å². The van der Waals surface area contributed by atoms with Crippen molar-refractivity contribution in [2.45, 2.75) is 51.7 Å². The van der Waals surface area contributed by atoms with Gasteiger partial charge < -0.3 is 15.7 Å². The Labute approximate surface area is 110 Å². The van der Waals surface area contributed by atoms with Gasteiger partial charge in [0.05, 0.1) is 6.10 Å². The molecule has 0 aromatic carbocycles. The molecule has 2 fully saturated rings. The van der Waals surface area contributed by atoms with Crippen LogP contribution < -0.4 is 5.73 Å². The van der Waals surface area contributed by atoms with Gasteiger partial charge in [0.1, 0.15) is 0 Å². The minimum Gasteiger partial charge on any atom is -0.391 e. The molecule has 1 saturated heterocycles. The van der Waals surface area contributed by atoms with Gasteiger partial charge >= 0.3 is 0 Å². The fraction of sp³-hybridized carbons (Fsp3) is 0.929. The van der Waals surface area contributed by atoms with Crippen molar-refractivity contribution in [1.82, 2.24) is 4.90 Å². The van der Waals surface area contributed by atoms with Gasteiger partial charge in [-0.05, 0) is 37.5 Å². The monoisotopic (exact) mass is 254 g/mol. The molecule has 1 aliphatic heterocycles. The first-order chi connectivity index (χ1) is 8.49. The summed E-state index contributed by atoms with van der Waals surface area (Å²) < 4.78 is 0. The summed E-state index contributed by atoms with van der Waals surface area (Å²) in [7, 11) is 0. The number of carbonyl (C=O) groups is 1. The van der Waals surface area contributed by atoms with Gasteiger partial charge in [-0.3, -0.25) is 4.79 Å². The fourth-order valence-corrected chi connectivity index (χ4v) is 3.15. The van der Waals surface area contributed by atoms with E-state index >= 15 is 0 Å². The first-order valence-electron chi connectivity index (χ1n) is 7.21. The van der Waals surface area contributed by atoms with Crippen LogP contribution in [0.4, 0.5) is 0 Å². The van der Waals surface area contributed by atoms with E-state index in [1.807, 2.05) is 11.8 Å². The van der Waals surface area contributed by atoms with Crippen LogP contribution in [0.3, 0.4) is 0 Å². The lowest BCUT2D eigenvalue weighted by atomic mass is 9.78. The number of aliphatic hydroxyl groups excluding tert-OH is 1. The minimum atomic E-state index is -0.356. The van der Waals surface area contributed by atoms with Crippen molar-refractivity contribution in [3.8, 4) is 0 Å². The number of amides is 1. The van der Waals surface area contributed by atoms with Crippen molar-refractivity contribution >= 4 is 5.91 Å². The number of piperidine rings is 1. The van der Waals surface area contributed by atoms with E-state index in [0.717, 1.165) is 32.2 Å². The van der Waals surface area contributed by atoms with E-state index in [0.29, 0.717) is 18.4 Å². The topological polar surface area (TPSA) is 66.6 Å². The van der Waals surface area contributed by atoms with E-state index in [1.54, 1.807) is 0 Å². The Balaban J connectivity index is 1.91. The van der Waals surface area contributed by atoms with Crippen molar-refractivity contribution in [1.29, 1.82) is 0 Å². The van der Waals surface area contributed by atoms with Gasteiger partial charge in [-0.2, -0.15) is 0 Å². The smallest absolute Gasteiger partial charge is 0.225 e. The summed E-state index contributed by atoms with van der Waals surface area (Å²) in [5, 5.41) is 9.88. The lowest BCUT2D eigenvalue weighted by molar-refractivity contribution is -0.141. The third-order valence-electron chi connectivity index (χ3n) is 4.82. The number of β-amino-alcohol motifs (C(OH)–C–C–N with tert-alkyl or cyclic N) is 1. The lowest BCUT2D eigenvalue weighted by Gasteiger charge is -2.38. The zero-order chi connectivity index (χ0) is 13.3. The fourth-order valence-electron chi connectivity index (χ4n) is 3.15. The second-order valence-corrected chi connectivity index (χ2v) is 6.27. The first-order valence-corrected chi connectivity index (χ1v) is 7.21. The van der Waals surface area contributed by atoms with Gasteiger partial charge in [0, 0.05) is 25.0 Å². The molecule has 104 valence electrons. The molecule has 5 atom stereocenters. The number of nitrogens with zero attached hydrogens (tertiary/aromatic N) is 1. The number of nitrogens with two attached hydrogens (primary N) is 1. The van der Waals surface area contributed by atoms with Gasteiger partial charge in [-0.15, -0.1) is 0 Å². The molecule has 1 saturated carbocycles. The molecule has 4 nitrogen and oxygen atoms in total. The van der Waals surface area contributed by atoms with Crippen LogP contribution in [0, 0.1) is 17.8 Å². The SMILES string of the molecule is CC1CC(C(=O)N2CCC(C)C(O)C2)CCC1N. The quantitative estimate of drug-likeness (QED) is 0.733. The lowest BCUT2D eigenvalue weighted by Crippen LogP contribution is -2.49. The zero-order valence-corrected chi connectivity index (χ0v) is 11.5. The molecule has 0 radical (unpaired) electrons. The van der Waals surface area contributed by atoms with Gasteiger partial charge in [0.15, 0.2) is 0 Å². The summed E-state index contributed by atoms with van der Waals surface area (Å²) in [5.41, 5.74) is 5.99. The molecule has 1 heterocycles. The number of carbonyl (C=O) groups excluding carboxylic acids is 1. The van der Waals surface area contributed by atoms with Gasteiger partial charge in [0.25, 0.3) is 0 Å². The summed E-state index contributed by atoms with van der Waals surface area (Å²) in [6.45, 7) is 5.50. The predicted molar refractivity (Wildman–Crippen MR) is 70.8 cm³/mol. The Morgan fingerprint density at radius 1 is 1.22 bits per heavy atom. The summed E-state index contributed by atoms with van der Waals surface area (Å²) in [6, 6.07) is 0.251. The second kappa shape index (κ2) is 5.57. The third kappa shape index (κ3) is 2.86. The second-order valence-electron chi connectivity index (χ2n) is 6.27. The van der Waals surface area contributed by atoms with E-state index in [2.05, 4.69) is 6.92 Å². The van der Waals surface area contributed by atoms with Crippen molar-refractivity contribution in [2.24, 2.45) is 23.5 Å². The Kier molecular flexibility index (Phi) is 4.28. The summed E-state index contributed by atoms with van der Waals surface area (Å²) in [4.78, 5) is 14.3. The summed E-state index contributed by atoms with van der Waals surface area (Å²) >= 11 is 0. The Bertz CT molecular complexity index is 280. The van der Waals surface area contributed by atoms with Crippen LogP contribution >= 0.6 is 0 Å². The van der Waals surface area contributed by atoms with Crippen LogP contribution in [-0.2, 0) is 4.79 Å². The highest BCUT2D eigenvalue weighted by molar-refractivity contribution is 5.79. The standard InChI is InChI=1S/C14H26N2O2/c1-9-5-6-16(8-13(9)17)14(18)11-3-4-12(15)10(2)7-11/h9-13,17H,3-8,15H2,1-2H3. The zero-order valence-electron chi connectivity index (χ0n) is 11.5. The highest BCUT2D eigenvalue weighted by Gasteiger charge is 2.34. The number of likely N-dealkylation sites (tertiary alicyclic amines) is 1. The van der Waals surface area contributed by atoms with Crippen LogP contribution in [0.2, 0.25) is 0 Å². The number of hydrogen-bond donors (Lipinski definition) is 2. The molecule has 0 aromatic rings. The van der Waals surface area contributed by atoms with E-state index in [4.69, 9.17) is 5.73 Å². The maximum Gasteiger partial charge on any atom is 0.225 e. The van der Waals surface area contributed by atoms with Crippen molar-refractivity contribution < 1.29 is 9.90 Å². The van der Waals surface area contributed by atoms with Crippen molar-refractivity contribution in [2.75, 3.05) is 13.1 Å². The first kappa shape index (κ1) is 13.8. The van der Waals surface area contributed by atoms with Gasteiger partial charge in [0.2, 0.25) is 5.91 Å². The van der Waals surface area contributed by atoms with E-state index in [1.165, 1.54) is 0 Å². The molecule has 4 heteroatoms. The largest absolute Gasteiger partial charge is 0.391 e. The minimum absolute atomic E-state index is 0.125. The molecule has 2 rings (SSSR count). The average molecular weight is 254 g/mol. The summed E-state index contributed by atoms with van der Waals surface area (Å²) in [6.07, 6.45) is 3.32. The summed E-state index contributed by atoms with van der Waals surface area (Å²) in [5.74, 6) is 1.11. The van der Waals surface area contributed by atoms with Gasteiger partial charge in [-0.25, -0.2) is 0 Å². The normalized spacial score (nSPS) is 41.8. The maximum absolute atomic E-state index is 12.4. The molecule has 18 heavy (non-hydrogen) atoms. The van der Waals surface area contributed by atoms with E-state index in [9.17, 15) is 9.90 Å². The van der Waals surface area contributed by atoms with E-state index < -0.39 is 0 Å². The maximum atomic E-state index is 12.4. The molecule has 3 N–H and O–H groups in total. The molecule has 0 aromatic heterocycles. The van der Waals surface area contributed by atoms with E-state index in [-0.39, 0.29) is 24.0 Å². The van der Waals surface area contributed by atoms with Crippen LogP contribution in [0.5, 0.6) is 0 Å². The van der Waals surface area contributed by atoms with Crippen LogP contribution in [0.25, 0.3) is 0 Å². The highest BCUT2D eigenvalue weighted by atomic mass is 16.3. The molecular formula is C14H26N2O2. The van der Waals surface area contributed by atoms with Crippen LogP contribution in [0.15, 0.2) is 0 Å². The Hall–Kier alpha value is -0.610.